The molecule has 0 spiro atoms. The van der Waals surface area contributed by atoms with Crippen molar-refractivity contribution in [1.82, 2.24) is 4.72 Å². The standard InChI is InChI=1S/C11H13Br2NO3S/c1-17-9-5-8(6-9)14-18(15,16)11-4-7(12)2-3-10(11)13/h2-4,8-9,14H,5-6H2,1H3. The first-order chi connectivity index (χ1) is 8.42. The molecule has 0 aromatic heterocycles. The van der Waals surface area contributed by atoms with Gasteiger partial charge in [-0.2, -0.15) is 0 Å². The van der Waals surface area contributed by atoms with E-state index in [0.717, 1.165) is 17.3 Å². The molecule has 0 saturated heterocycles. The van der Waals surface area contributed by atoms with Crippen LogP contribution in [0.25, 0.3) is 0 Å². The molecule has 7 heteroatoms. The lowest BCUT2D eigenvalue weighted by molar-refractivity contribution is 0.0236. The van der Waals surface area contributed by atoms with Gasteiger partial charge < -0.3 is 4.74 Å². The largest absolute Gasteiger partial charge is 0.381 e. The Morgan fingerprint density at radius 1 is 1.33 bits per heavy atom. The highest BCUT2D eigenvalue weighted by atomic mass is 79.9. The van der Waals surface area contributed by atoms with Gasteiger partial charge in [-0.25, -0.2) is 13.1 Å². The Balaban J connectivity index is 2.14. The van der Waals surface area contributed by atoms with Crippen LogP contribution in [0.15, 0.2) is 32.0 Å². The van der Waals surface area contributed by atoms with Crippen LogP contribution in [0.2, 0.25) is 0 Å². The van der Waals surface area contributed by atoms with Crippen LogP contribution < -0.4 is 4.72 Å². The molecule has 1 fully saturated rings. The molecule has 0 amide bonds. The van der Waals surface area contributed by atoms with E-state index in [1.54, 1.807) is 25.3 Å². The SMILES string of the molecule is COC1CC(NS(=O)(=O)c2cc(Br)ccc2Br)C1. The van der Waals surface area contributed by atoms with Crippen LogP contribution in [-0.4, -0.2) is 27.7 Å². The van der Waals surface area contributed by atoms with Gasteiger partial charge >= 0.3 is 0 Å². The van der Waals surface area contributed by atoms with E-state index in [0.29, 0.717) is 4.47 Å². The fraction of sp³-hybridized carbons (Fsp3) is 0.455. The predicted octanol–water partition coefficient (Wildman–Crippen LogP) is 2.67. The van der Waals surface area contributed by atoms with Crippen LogP contribution in [0.1, 0.15) is 12.8 Å². The molecule has 2 rings (SSSR count). The minimum absolute atomic E-state index is 0.0363. The maximum Gasteiger partial charge on any atom is 0.241 e. The van der Waals surface area contributed by atoms with Crippen LogP contribution >= 0.6 is 31.9 Å². The number of halogens is 2. The number of ether oxygens (including phenoxy) is 1. The monoisotopic (exact) mass is 397 g/mol. The molecule has 1 aliphatic carbocycles. The fourth-order valence-corrected chi connectivity index (χ4v) is 4.58. The van der Waals surface area contributed by atoms with Gasteiger partial charge in [-0.05, 0) is 47.0 Å². The fourth-order valence-electron chi connectivity index (χ4n) is 1.82. The van der Waals surface area contributed by atoms with E-state index < -0.39 is 10.0 Å². The van der Waals surface area contributed by atoms with E-state index in [2.05, 4.69) is 36.6 Å². The van der Waals surface area contributed by atoms with E-state index in [9.17, 15) is 8.42 Å². The molecule has 0 heterocycles. The Morgan fingerprint density at radius 3 is 2.61 bits per heavy atom. The lowest BCUT2D eigenvalue weighted by Gasteiger charge is -2.34. The molecule has 1 saturated carbocycles. The number of sulfonamides is 1. The van der Waals surface area contributed by atoms with Crippen molar-refractivity contribution in [2.75, 3.05) is 7.11 Å². The lowest BCUT2D eigenvalue weighted by atomic mass is 9.90. The van der Waals surface area contributed by atoms with Gasteiger partial charge in [-0.3, -0.25) is 0 Å². The molecule has 0 bridgehead atoms. The quantitative estimate of drug-likeness (QED) is 0.848. The Bertz CT molecular complexity index is 541. The van der Waals surface area contributed by atoms with Crippen molar-refractivity contribution in [2.45, 2.75) is 29.9 Å². The van der Waals surface area contributed by atoms with Crippen LogP contribution in [0.3, 0.4) is 0 Å². The third-order valence-electron chi connectivity index (χ3n) is 2.93. The first kappa shape index (κ1) is 14.5. The van der Waals surface area contributed by atoms with E-state index >= 15 is 0 Å². The van der Waals surface area contributed by atoms with E-state index in [-0.39, 0.29) is 17.0 Å². The smallest absolute Gasteiger partial charge is 0.241 e. The summed E-state index contributed by atoms with van der Waals surface area (Å²) >= 11 is 6.53. The summed E-state index contributed by atoms with van der Waals surface area (Å²) in [6.07, 6.45) is 1.62. The van der Waals surface area contributed by atoms with Crippen molar-refractivity contribution in [1.29, 1.82) is 0 Å². The Hall–Kier alpha value is 0.0500. The second-order valence-electron chi connectivity index (χ2n) is 4.22. The summed E-state index contributed by atoms with van der Waals surface area (Å²) in [5, 5.41) is 0. The van der Waals surface area contributed by atoms with Gasteiger partial charge in [0.2, 0.25) is 10.0 Å². The zero-order valence-electron chi connectivity index (χ0n) is 9.69. The van der Waals surface area contributed by atoms with E-state index in [4.69, 9.17) is 4.74 Å². The number of rotatable bonds is 4. The molecule has 100 valence electrons. The van der Waals surface area contributed by atoms with Gasteiger partial charge in [0.05, 0.1) is 11.0 Å². The van der Waals surface area contributed by atoms with Crippen LogP contribution in [-0.2, 0) is 14.8 Å². The van der Waals surface area contributed by atoms with Gasteiger partial charge in [0, 0.05) is 22.1 Å². The lowest BCUT2D eigenvalue weighted by Crippen LogP contribution is -2.47. The molecule has 1 aromatic rings. The Morgan fingerprint density at radius 2 is 2.00 bits per heavy atom. The minimum atomic E-state index is -3.49. The van der Waals surface area contributed by atoms with Gasteiger partial charge in [-0.1, -0.05) is 15.9 Å². The maximum absolute atomic E-state index is 12.2. The number of methoxy groups -OCH3 is 1. The molecule has 1 N–H and O–H groups in total. The molecule has 0 aliphatic heterocycles. The highest BCUT2D eigenvalue weighted by Gasteiger charge is 2.33. The summed E-state index contributed by atoms with van der Waals surface area (Å²) in [6, 6.07) is 5.04. The zero-order chi connectivity index (χ0) is 13.3. The van der Waals surface area contributed by atoms with Gasteiger partial charge in [-0.15, -0.1) is 0 Å². The summed E-state index contributed by atoms with van der Waals surface area (Å²) < 4.78 is 33.5. The van der Waals surface area contributed by atoms with Crippen LogP contribution in [0, 0.1) is 0 Å². The molecule has 0 unspecified atom stereocenters. The van der Waals surface area contributed by atoms with Crippen molar-refractivity contribution < 1.29 is 13.2 Å². The third kappa shape index (κ3) is 3.14. The highest BCUT2D eigenvalue weighted by Crippen LogP contribution is 2.28. The predicted molar refractivity (Wildman–Crippen MR) is 76.0 cm³/mol. The number of nitrogens with one attached hydrogen (secondary N) is 1. The molecule has 1 aliphatic rings. The summed E-state index contributed by atoms with van der Waals surface area (Å²) in [4.78, 5) is 0.248. The second kappa shape index (κ2) is 5.58. The number of hydrogen-bond acceptors (Lipinski definition) is 3. The first-order valence-electron chi connectivity index (χ1n) is 5.42. The summed E-state index contributed by atoms with van der Waals surface area (Å²) in [6.45, 7) is 0. The average molecular weight is 399 g/mol. The summed E-state index contributed by atoms with van der Waals surface area (Å²) in [7, 11) is -1.85. The first-order valence-corrected chi connectivity index (χ1v) is 8.49. The molecule has 18 heavy (non-hydrogen) atoms. The zero-order valence-corrected chi connectivity index (χ0v) is 13.7. The second-order valence-corrected chi connectivity index (χ2v) is 7.67. The maximum atomic E-state index is 12.2. The number of hydrogen-bond donors (Lipinski definition) is 1. The summed E-state index contributed by atoms with van der Waals surface area (Å²) in [5.41, 5.74) is 0. The van der Waals surface area contributed by atoms with Gasteiger partial charge in [0.1, 0.15) is 0 Å². The molecular weight excluding hydrogens is 386 g/mol. The van der Waals surface area contributed by atoms with Crippen molar-refractivity contribution in [3.8, 4) is 0 Å². The third-order valence-corrected chi connectivity index (χ3v) is 5.94. The van der Waals surface area contributed by atoms with Crippen molar-refractivity contribution in [3.05, 3.63) is 27.1 Å². The minimum Gasteiger partial charge on any atom is -0.381 e. The van der Waals surface area contributed by atoms with E-state index in [1.807, 2.05) is 0 Å². The van der Waals surface area contributed by atoms with Crippen molar-refractivity contribution >= 4 is 41.9 Å². The number of benzene rings is 1. The van der Waals surface area contributed by atoms with Crippen LogP contribution in [0.4, 0.5) is 0 Å². The topological polar surface area (TPSA) is 55.4 Å². The average Bonchev–Trinajstić information content (AvgIpc) is 2.26. The highest BCUT2D eigenvalue weighted by molar-refractivity contribution is 9.11. The van der Waals surface area contributed by atoms with Gasteiger partial charge in [0.15, 0.2) is 0 Å². The molecular formula is C11H13Br2NO3S. The molecule has 0 atom stereocenters. The van der Waals surface area contributed by atoms with Gasteiger partial charge in [0.25, 0.3) is 0 Å². The summed E-state index contributed by atoms with van der Waals surface area (Å²) in [5.74, 6) is 0. The van der Waals surface area contributed by atoms with E-state index in [1.165, 1.54) is 0 Å². The Kier molecular flexibility index (Phi) is 4.48. The Labute approximate surface area is 123 Å². The van der Waals surface area contributed by atoms with Crippen molar-refractivity contribution in [2.24, 2.45) is 0 Å². The van der Waals surface area contributed by atoms with Crippen molar-refractivity contribution in [3.63, 3.8) is 0 Å². The molecule has 4 nitrogen and oxygen atoms in total. The molecule has 1 aromatic carbocycles. The van der Waals surface area contributed by atoms with Crippen LogP contribution in [0.5, 0.6) is 0 Å². The normalized spacial score (nSPS) is 23.7. The molecule has 0 radical (unpaired) electrons.